The number of aromatic nitrogens is 3. The molecule has 0 spiro atoms. The molecule has 2 N–H and O–H groups in total. The summed E-state index contributed by atoms with van der Waals surface area (Å²) in [5.41, 5.74) is 8.26. The summed E-state index contributed by atoms with van der Waals surface area (Å²) >= 11 is 1.65. The number of nitrogens with two attached hydrogens (primary N) is 1. The normalized spacial score (nSPS) is 18.0. The summed E-state index contributed by atoms with van der Waals surface area (Å²) in [4.78, 5) is 4.45. The van der Waals surface area contributed by atoms with Gasteiger partial charge >= 0.3 is 0 Å². The van der Waals surface area contributed by atoms with Gasteiger partial charge in [-0.25, -0.2) is 4.98 Å². The molecule has 1 aliphatic rings. The lowest BCUT2D eigenvalue weighted by molar-refractivity contribution is 0.461. The molecular formula is C14H20N4S. The molecule has 5 heteroatoms. The maximum Gasteiger partial charge on any atom is 0.0898 e. The summed E-state index contributed by atoms with van der Waals surface area (Å²) in [5, 5.41) is 7.80. The van der Waals surface area contributed by atoms with Crippen LogP contribution in [0.3, 0.4) is 0 Å². The maximum absolute atomic E-state index is 6.20. The van der Waals surface area contributed by atoms with E-state index in [9.17, 15) is 0 Å². The summed E-state index contributed by atoms with van der Waals surface area (Å²) in [7, 11) is 0. The highest BCUT2D eigenvalue weighted by atomic mass is 32.1. The Labute approximate surface area is 117 Å². The van der Waals surface area contributed by atoms with Gasteiger partial charge in [0.15, 0.2) is 0 Å². The van der Waals surface area contributed by atoms with Crippen LogP contribution in [0.4, 0.5) is 0 Å². The van der Waals surface area contributed by atoms with E-state index >= 15 is 0 Å². The van der Waals surface area contributed by atoms with Gasteiger partial charge < -0.3 is 5.73 Å². The summed E-state index contributed by atoms with van der Waals surface area (Å²) in [6, 6.07) is 2.65. The molecule has 1 atom stereocenters. The Hall–Kier alpha value is -1.20. The lowest BCUT2D eigenvalue weighted by Gasteiger charge is -2.10. The molecule has 1 fully saturated rings. The van der Waals surface area contributed by atoms with E-state index in [2.05, 4.69) is 27.0 Å². The predicted octanol–water partition coefficient (Wildman–Crippen LogP) is 3.01. The third-order valence-corrected chi connectivity index (χ3v) is 4.60. The molecule has 1 saturated carbocycles. The number of hydrogen-bond acceptors (Lipinski definition) is 4. The Balaban J connectivity index is 1.66. The van der Waals surface area contributed by atoms with Crippen molar-refractivity contribution in [2.75, 3.05) is 0 Å². The fourth-order valence-electron chi connectivity index (χ4n) is 2.74. The topological polar surface area (TPSA) is 56.7 Å². The van der Waals surface area contributed by atoms with Gasteiger partial charge in [0.2, 0.25) is 0 Å². The van der Waals surface area contributed by atoms with E-state index in [1.807, 2.05) is 12.3 Å². The zero-order valence-corrected chi connectivity index (χ0v) is 12.1. The SMILES string of the molecule is Cc1nc(C(N)Cc2ccn(C3CCCC3)n2)cs1. The largest absolute Gasteiger partial charge is 0.322 e. The third kappa shape index (κ3) is 2.87. The molecule has 0 aliphatic heterocycles. The minimum Gasteiger partial charge on any atom is -0.322 e. The molecule has 0 radical (unpaired) electrons. The van der Waals surface area contributed by atoms with Crippen LogP contribution >= 0.6 is 11.3 Å². The first-order chi connectivity index (χ1) is 9.22. The van der Waals surface area contributed by atoms with E-state index in [0.29, 0.717) is 6.04 Å². The van der Waals surface area contributed by atoms with E-state index < -0.39 is 0 Å². The van der Waals surface area contributed by atoms with E-state index in [-0.39, 0.29) is 6.04 Å². The quantitative estimate of drug-likeness (QED) is 0.934. The summed E-state index contributed by atoms with van der Waals surface area (Å²) < 4.78 is 2.13. The Morgan fingerprint density at radius 3 is 2.95 bits per heavy atom. The average molecular weight is 276 g/mol. The van der Waals surface area contributed by atoms with Gasteiger partial charge in [-0.2, -0.15) is 5.10 Å². The second-order valence-electron chi connectivity index (χ2n) is 5.33. The van der Waals surface area contributed by atoms with Gasteiger partial charge in [-0.15, -0.1) is 11.3 Å². The standard InChI is InChI=1S/C14H20N4S/c1-10-16-14(9-19-10)13(15)8-11-6-7-18(17-11)12-4-2-3-5-12/h6-7,9,12-13H,2-5,8,15H2,1H3. The van der Waals surface area contributed by atoms with Crippen LogP contribution in [0.5, 0.6) is 0 Å². The van der Waals surface area contributed by atoms with Crippen molar-refractivity contribution in [2.45, 2.75) is 51.1 Å². The van der Waals surface area contributed by atoms with Gasteiger partial charge in [-0.1, -0.05) is 12.8 Å². The Morgan fingerprint density at radius 2 is 2.26 bits per heavy atom. The van der Waals surface area contributed by atoms with Crippen LogP contribution in [0, 0.1) is 6.92 Å². The van der Waals surface area contributed by atoms with E-state index in [1.54, 1.807) is 11.3 Å². The number of nitrogens with zero attached hydrogens (tertiary/aromatic N) is 3. The lowest BCUT2D eigenvalue weighted by Crippen LogP contribution is -2.14. The van der Waals surface area contributed by atoms with Crippen molar-refractivity contribution in [3.05, 3.63) is 34.0 Å². The van der Waals surface area contributed by atoms with Crippen LogP contribution in [-0.2, 0) is 6.42 Å². The second-order valence-corrected chi connectivity index (χ2v) is 6.39. The molecule has 0 aromatic carbocycles. The van der Waals surface area contributed by atoms with Gasteiger partial charge in [0.1, 0.15) is 0 Å². The minimum absolute atomic E-state index is 0.0446. The molecule has 3 rings (SSSR count). The van der Waals surface area contributed by atoms with E-state index in [1.165, 1.54) is 25.7 Å². The number of rotatable bonds is 4. The lowest BCUT2D eigenvalue weighted by atomic mass is 10.1. The Bertz CT molecular complexity index is 539. The van der Waals surface area contributed by atoms with Gasteiger partial charge in [-0.3, -0.25) is 4.68 Å². The van der Waals surface area contributed by atoms with E-state index in [4.69, 9.17) is 5.73 Å². The first-order valence-corrected chi connectivity index (χ1v) is 7.82. The van der Waals surface area contributed by atoms with Crippen molar-refractivity contribution < 1.29 is 0 Å². The van der Waals surface area contributed by atoms with Crippen LogP contribution < -0.4 is 5.73 Å². The van der Waals surface area contributed by atoms with Crippen molar-refractivity contribution >= 4 is 11.3 Å². The fourth-order valence-corrected chi connectivity index (χ4v) is 3.42. The van der Waals surface area contributed by atoms with Crippen LogP contribution in [0.25, 0.3) is 0 Å². The molecule has 0 bridgehead atoms. The second kappa shape index (κ2) is 5.43. The maximum atomic E-state index is 6.20. The molecule has 1 unspecified atom stereocenters. The zero-order valence-electron chi connectivity index (χ0n) is 11.2. The first kappa shape index (κ1) is 12.8. The number of thiazole rings is 1. The Morgan fingerprint density at radius 1 is 1.47 bits per heavy atom. The van der Waals surface area contributed by atoms with Crippen LogP contribution in [0.2, 0.25) is 0 Å². The van der Waals surface area contributed by atoms with Crippen molar-refractivity contribution in [1.29, 1.82) is 0 Å². The van der Waals surface area contributed by atoms with Gasteiger partial charge in [0.25, 0.3) is 0 Å². The molecular weight excluding hydrogens is 256 g/mol. The third-order valence-electron chi connectivity index (χ3n) is 3.81. The van der Waals surface area contributed by atoms with Crippen molar-refractivity contribution in [1.82, 2.24) is 14.8 Å². The molecule has 1 aliphatic carbocycles. The van der Waals surface area contributed by atoms with Gasteiger partial charge in [0.05, 0.1) is 28.5 Å². The van der Waals surface area contributed by atoms with E-state index in [0.717, 1.165) is 22.8 Å². The fraction of sp³-hybridized carbons (Fsp3) is 0.571. The summed E-state index contributed by atoms with van der Waals surface area (Å²) in [6.07, 6.45) is 8.05. The molecule has 102 valence electrons. The molecule has 4 nitrogen and oxygen atoms in total. The Kier molecular flexibility index (Phi) is 3.66. The first-order valence-electron chi connectivity index (χ1n) is 6.94. The van der Waals surface area contributed by atoms with Crippen molar-refractivity contribution in [3.63, 3.8) is 0 Å². The monoisotopic (exact) mass is 276 g/mol. The zero-order chi connectivity index (χ0) is 13.2. The highest BCUT2D eigenvalue weighted by molar-refractivity contribution is 7.09. The molecule has 2 heterocycles. The van der Waals surface area contributed by atoms with Gasteiger partial charge in [-0.05, 0) is 25.8 Å². The van der Waals surface area contributed by atoms with Crippen LogP contribution in [-0.4, -0.2) is 14.8 Å². The molecule has 2 aromatic heterocycles. The highest BCUT2D eigenvalue weighted by Crippen LogP contribution is 2.29. The highest BCUT2D eigenvalue weighted by Gasteiger charge is 2.18. The molecule has 0 saturated heterocycles. The minimum atomic E-state index is -0.0446. The molecule has 2 aromatic rings. The average Bonchev–Trinajstić information content (AvgIpc) is 3.07. The number of hydrogen-bond donors (Lipinski definition) is 1. The molecule has 19 heavy (non-hydrogen) atoms. The van der Waals surface area contributed by atoms with Crippen LogP contribution in [0.1, 0.15) is 54.2 Å². The van der Waals surface area contributed by atoms with Gasteiger partial charge in [0, 0.05) is 18.0 Å². The molecule has 0 amide bonds. The van der Waals surface area contributed by atoms with Crippen molar-refractivity contribution in [2.24, 2.45) is 5.73 Å². The smallest absolute Gasteiger partial charge is 0.0898 e. The summed E-state index contributed by atoms with van der Waals surface area (Å²) in [5.74, 6) is 0. The summed E-state index contributed by atoms with van der Waals surface area (Å²) in [6.45, 7) is 2.01. The predicted molar refractivity (Wildman–Crippen MR) is 77.2 cm³/mol. The van der Waals surface area contributed by atoms with Crippen molar-refractivity contribution in [3.8, 4) is 0 Å². The number of aryl methyl sites for hydroxylation is 1. The van der Waals surface area contributed by atoms with Crippen LogP contribution in [0.15, 0.2) is 17.6 Å².